The van der Waals surface area contributed by atoms with Gasteiger partial charge in [0.1, 0.15) is 6.61 Å². The maximum atomic E-state index is 12.0. The molecule has 114 valence electrons. The molecule has 2 rings (SSSR count). The molecule has 0 aliphatic carbocycles. The minimum atomic E-state index is -0.338. The number of rotatable bonds is 4. The topological polar surface area (TPSA) is 71.5 Å². The summed E-state index contributed by atoms with van der Waals surface area (Å²) in [6, 6.07) is 3.42. The number of amides is 2. The minimum Gasteiger partial charge on any atom is -0.448 e. The number of carbonyl (C=O) groups excluding carboxylic acids is 2. The average molecular weight is 312 g/mol. The molecule has 0 unspecified atom stereocenters. The largest absolute Gasteiger partial charge is 0.448 e. The molecular formula is C14H18ClN3O3. The van der Waals surface area contributed by atoms with Gasteiger partial charge >= 0.3 is 6.09 Å². The molecule has 1 aromatic rings. The summed E-state index contributed by atoms with van der Waals surface area (Å²) in [5.41, 5.74) is 0.592. The molecule has 1 N–H and O–H groups in total. The van der Waals surface area contributed by atoms with E-state index in [0.717, 1.165) is 0 Å². The van der Waals surface area contributed by atoms with Crippen molar-refractivity contribution in [2.45, 2.75) is 18.9 Å². The summed E-state index contributed by atoms with van der Waals surface area (Å²) < 4.78 is 4.98. The summed E-state index contributed by atoms with van der Waals surface area (Å²) in [6.07, 6.45) is 4.27. The molecule has 1 aromatic heterocycles. The van der Waals surface area contributed by atoms with Gasteiger partial charge in [-0.2, -0.15) is 0 Å². The van der Waals surface area contributed by atoms with Gasteiger partial charge in [-0.1, -0.05) is 0 Å². The summed E-state index contributed by atoms with van der Waals surface area (Å²) in [7, 11) is 0. The van der Waals surface area contributed by atoms with Crippen molar-refractivity contribution in [3.05, 3.63) is 30.1 Å². The van der Waals surface area contributed by atoms with Gasteiger partial charge in [-0.05, 0) is 25.0 Å². The second kappa shape index (κ2) is 7.83. The van der Waals surface area contributed by atoms with Crippen molar-refractivity contribution in [3.63, 3.8) is 0 Å². The van der Waals surface area contributed by atoms with Crippen molar-refractivity contribution >= 4 is 23.6 Å². The zero-order valence-electron chi connectivity index (χ0n) is 11.6. The summed E-state index contributed by atoms with van der Waals surface area (Å²) in [4.78, 5) is 29.2. The Morgan fingerprint density at radius 2 is 2.00 bits per heavy atom. The van der Waals surface area contributed by atoms with Gasteiger partial charge in [0, 0.05) is 37.1 Å². The third-order valence-electron chi connectivity index (χ3n) is 3.33. The SMILES string of the molecule is O=C(NC1CCN(C(=O)OCCCl)CC1)c1ccncc1. The molecule has 0 saturated carbocycles. The number of ether oxygens (including phenoxy) is 1. The molecule has 7 heteroatoms. The van der Waals surface area contributed by atoms with E-state index >= 15 is 0 Å². The average Bonchev–Trinajstić information content (AvgIpc) is 2.54. The Labute approximate surface area is 128 Å². The highest BCUT2D eigenvalue weighted by Gasteiger charge is 2.24. The van der Waals surface area contributed by atoms with Gasteiger partial charge in [0.05, 0.1) is 5.88 Å². The Balaban J connectivity index is 1.77. The number of aromatic nitrogens is 1. The Kier molecular flexibility index (Phi) is 5.80. The first-order chi connectivity index (χ1) is 10.2. The van der Waals surface area contributed by atoms with Crippen LogP contribution in [0.1, 0.15) is 23.2 Å². The van der Waals surface area contributed by atoms with E-state index in [9.17, 15) is 9.59 Å². The molecule has 0 atom stereocenters. The number of likely N-dealkylation sites (tertiary alicyclic amines) is 1. The summed E-state index contributed by atoms with van der Waals surface area (Å²) in [6.45, 7) is 1.36. The summed E-state index contributed by atoms with van der Waals surface area (Å²) in [5.74, 6) is 0.185. The molecule has 1 saturated heterocycles. The number of halogens is 1. The van der Waals surface area contributed by atoms with E-state index < -0.39 is 0 Å². The Morgan fingerprint density at radius 3 is 2.62 bits per heavy atom. The lowest BCUT2D eigenvalue weighted by Gasteiger charge is -2.31. The second-order valence-electron chi connectivity index (χ2n) is 4.77. The third-order valence-corrected chi connectivity index (χ3v) is 3.49. The van der Waals surface area contributed by atoms with Crippen LogP contribution in [0.5, 0.6) is 0 Å². The van der Waals surface area contributed by atoms with Gasteiger partial charge in [0.25, 0.3) is 5.91 Å². The van der Waals surface area contributed by atoms with Crippen LogP contribution in [0.3, 0.4) is 0 Å². The number of hydrogen-bond acceptors (Lipinski definition) is 4. The predicted octanol–water partition coefficient (Wildman–Crippen LogP) is 1.65. The van der Waals surface area contributed by atoms with Crippen LogP contribution in [0, 0.1) is 0 Å². The number of piperidine rings is 1. The van der Waals surface area contributed by atoms with Gasteiger partial charge in [0.15, 0.2) is 0 Å². The number of hydrogen-bond donors (Lipinski definition) is 1. The lowest BCUT2D eigenvalue weighted by molar-refractivity contribution is 0.0862. The number of carbonyl (C=O) groups is 2. The molecule has 1 aliphatic rings. The molecular weight excluding hydrogens is 294 g/mol. The first-order valence-electron chi connectivity index (χ1n) is 6.89. The van der Waals surface area contributed by atoms with Crippen molar-refractivity contribution in [3.8, 4) is 0 Å². The lowest BCUT2D eigenvalue weighted by Crippen LogP contribution is -2.46. The van der Waals surface area contributed by atoms with E-state index in [2.05, 4.69) is 10.3 Å². The first kappa shape index (κ1) is 15.6. The van der Waals surface area contributed by atoms with Crippen LogP contribution < -0.4 is 5.32 Å². The predicted molar refractivity (Wildman–Crippen MR) is 78.4 cm³/mol. The molecule has 0 bridgehead atoms. The molecule has 1 aliphatic heterocycles. The van der Waals surface area contributed by atoms with Crippen LogP contribution in [0.2, 0.25) is 0 Å². The lowest BCUT2D eigenvalue weighted by atomic mass is 10.0. The van der Waals surface area contributed by atoms with Crippen LogP contribution in [0.15, 0.2) is 24.5 Å². The molecule has 0 aromatic carbocycles. The highest BCUT2D eigenvalue weighted by Crippen LogP contribution is 2.12. The molecule has 0 radical (unpaired) electrons. The fraction of sp³-hybridized carbons (Fsp3) is 0.500. The van der Waals surface area contributed by atoms with E-state index in [1.165, 1.54) is 0 Å². The van der Waals surface area contributed by atoms with Crippen LogP contribution in [0.4, 0.5) is 4.79 Å². The van der Waals surface area contributed by atoms with Gasteiger partial charge in [-0.15, -0.1) is 11.6 Å². The Morgan fingerprint density at radius 1 is 1.33 bits per heavy atom. The fourth-order valence-electron chi connectivity index (χ4n) is 2.20. The quantitative estimate of drug-likeness (QED) is 0.858. The van der Waals surface area contributed by atoms with Crippen molar-refractivity contribution in [1.29, 1.82) is 0 Å². The van der Waals surface area contributed by atoms with Gasteiger partial charge < -0.3 is 15.0 Å². The smallest absolute Gasteiger partial charge is 0.409 e. The number of nitrogens with zero attached hydrogens (tertiary/aromatic N) is 2. The fourth-order valence-corrected chi connectivity index (χ4v) is 2.27. The normalized spacial score (nSPS) is 15.6. The van der Waals surface area contributed by atoms with Crippen molar-refractivity contribution < 1.29 is 14.3 Å². The molecule has 6 nitrogen and oxygen atoms in total. The van der Waals surface area contributed by atoms with E-state index in [-0.39, 0.29) is 24.6 Å². The summed E-state index contributed by atoms with van der Waals surface area (Å²) in [5, 5.41) is 2.97. The number of pyridine rings is 1. The highest BCUT2D eigenvalue weighted by molar-refractivity contribution is 6.18. The number of nitrogens with one attached hydrogen (secondary N) is 1. The third kappa shape index (κ3) is 4.60. The molecule has 1 fully saturated rings. The molecule has 2 heterocycles. The maximum absolute atomic E-state index is 12.0. The minimum absolute atomic E-state index is 0.0720. The van der Waals surface area contributed by atoms with Crippen LogP contribution in [-0.4, -0.2) is 53.5 Å². The van der Waals surface area contributed by atoms with Gasteiger partial charge in [0.2, 0.25) is 0 Å². The first-order valence-corrected chi connectivity index (χ1v) is 7.42. The maximum Gasteiger partial charge on any atom is 0.409 e. The van der Waals surface area contributed by atoms with E-state index in [1.807, 2.05) is 0 Å². The molecule has 2 amide bonds. The number of alkyl halides is 1. The van der Waals surface area contributed by atoms with Crippen LogP contribution in [0.25, 0.3) is 0 Å². The van der Waals surface area contributed by atoms with Crippen LogP contribution in [-0.2, 0) is 4.74 Å². The standard InChI is InChI=1S/C14H18ClN3O3/c15-5-10-21-14(20)18-8-3-12(4-9-18)17-13(19)11-1-6-16-7-2-11/h1-2,6-7,12H,3-5,8-10H2,(H,17,19). The van der Waals surface area contributed by atoms with Gasteiger partial charge in [-0.3, -0.25) is 9.78 Å². The Bertz CT molecular complexity index is 476. The zero-order valence-corrected chi connectivity index (χ0v) is 12.4. The Hall–Kier alpha value is -1.82. The van der Waals surface area contributed by atoms with Crippen molar-refractivity contribution in [1.82, 2.24) is 15.2 Å². The zero-order chi connectivity index (χ0) is 15.1. The molecule has 0 spiro atoms. The second-order valence-corrected chi connectivity index (χ2v) is 5.15. The molecule has 21 heavy (non-hydrogen) atoms. The summed E-state index contributed by atoms with van der Waals surface area (Å²) >= 11 is 5.48. The highest BCUT2D eigenvalue weighted by atomic mass is 35.5. The van der Waals surface area contributed by atoms with E-state index in [1.54, 1.807) is 29.4 Å². The van der Waals surface area contributed by atoms with E-state index in [4.69, 9.17) is 16.3 Å². The van der Waals surface area contributed by atoms with Crippen molar-refractivity contribution in [2.75, 3.05) is 25.6 Å². The van der Waals surface area contributed by atoms with Crippen molar-refractivity contribution in [2.24, 2.45) is 0 Å². The van der Waals surface area contributed by atoms with Crippen LogP contribution >= 0.6 is 11.6 Å². The monoisotopic (exact) mass is 311 g/mol. The van der Waals surface area contributed by atoms with Gasteiger partial charge in [-0.25, -0.2) is 4.79 Å². The van der Waals surface area contributed by atoms with E-state index in [0.29, 0.717) is 37.4 Å².